The van der Waals surface area contributed by atoms with Crippen molar-refractivity contribution in [1.82, 2.24) is 4.72 Å². The second kappa shape index (κ2) is 8.54. The molecule has 8 nitrogen and oxygen atoms in total. The van der Waals surface area contributed by atoms with Gasteiger partial charge in [0.1, 0.15) is 0 Å². The Morgan fingerprint density at radius 2 is 1.85 bits per heavy atom. The van der Waals surface area contributed by atoms with Gasteiger partial charge in [0, 0.05) is 30.8 Å². The summed E-state index contributed by atoms with van der Waals surface area (Å²) < 4.78 is 26.6. The van der Waals surface area contributed by atoms with Crippen molar-refractivity contribution < 1.29 is 18.1 Å². The molecule has 1 amide bonds. The average Bonchev–Trinajstić information content (AvgIpc) is 2.61. The maximum Gasteiger partial charge on any atom is 0.269 e. The predicted octanol–water partition coefficient (Wildman–Crippen LogP) is 2.46. The molecule has 0 aliphatic heterocycles. The van der Waals surface area contributed by atoms with Crippen molar-refractivity contribution in [1.29, 1.82) is 0 Å². The number of sulfonamides is 1. The van der Waals surface area contributed by atoms with E-state index in [9.17, 15) is 23.3 Å². The first kappa shape index (κ1) is 19.5. The fourth-order valence-corrected chi connectivity index (χ4v) is 3.25. The van der Waals surface area contributed by atoms with Gasteiger partial charge < -0.3 is 5.32 Å². The molecule has 0 saturated carbocycles. The fraction of sp³-hybridized carbons (Fsp3) is 0.235. The first-order chi connectivity index (χ1) is 12.3. The highest BCUT2D eigenvalue weighted by Gasteiger charge is 2.16. The second-order valence-corrected chi connectivity index (χ2v) is 7.27. The third kappa shape index (κ3) is 5.36. The molecular formula is C17H19N3O5S. The SMILES string of the molecule is CCc1cccc(NC(=O)CCNS(=O)(=O)c2ccc([N+](=O)[O-])cc2)c1. The van der Waals surface area contributed by atoms with Crippen molar-refractivity contribution in [3.05, 3.63) is 64.2 Å². The van der Waals surface area contributed by atoms with Crippen molar-refractivity contribution in [3.63, 3.8) is 0 Å². The molecule has 0 fully saturated rings. The summed E-state index contributed by atoms with van der Waals surface area (Å²) in [6.07, 6.45) is 0.807. The lowest BCUT2D eigenvalue weighted by Crippen LogP contribution is -2.27. The summed E-state index contributed by atoms with van der Waals surface area (Å²) in [6.45, 7) is 1.92. The number of benzene rings is 2. The molecule has 0 aromatic heterocycles. The maximum absolute atomic E-state index is 12.1. The molecule has 0 aliphatic rings. The number of non-ortho nitro benzene ring substituents is 1. The van der Waals surface area contributed by atoms with Crippen LogP contribution in [-0.4, -0.2) is 25.8 Å². The Bertz CT molecular complexity index is 895. The Hall–Kier alpha value is -2.78. The van der Waals surface area contributed by atoms with Crippen LogP contribution in [0.25, 0.3) is 0 Å². The van der Waals surface area contributed by atoms with Gasteiger partial charge >= 0.3 is 0 Å². The van der Waals surface area contributed by atoms with Crippen molar-refractivity contribution in [2.24, 2.45) is 0 Å². The molecule has 0 saturated heterocycles. The maximum atomic E-state index is 12.1. The number of hydrogen-bond donors (Lipinski definition) is 2. The van der Waals surface area contributed by atoms with Crippen LogP contribution in [0.5, 0.6) is 0 Å². The average molecular weight is 377 g/mol. The smallest absolute Gasteiger partial charge is 0.269 e. The van der Waals surface area contributed by atoms with E-state index in [1.807, 2.05) is 25.1 Å². The number of anilines is 1. The summed E-state index contributed by atoms with van der Waals surface area (Å²) in [5, 5.41) is 13.3. The normalized spacial score (nSPS) is 11.1. The topological polar surface area (TPSA) is 118 Å². The molecule has 9 heteroatoms. The van der Waals surface area contributed by atoms with Crippen molar-refractivity contribution in [3.8, 4) is 0 Å². The first-order valence-electron chi connectivity index (χ1n) is 7.94. The predicted molar refractivity (Wildman–Crippen MR) is 97.4 cm³/mol. The van der Waals surface area contributed by atoms with E-state index in [0.29, 0.717) is 5.69 Å². The number of amides is 1. The summed E-state index contributed by atoms with van der Waals surface area (Å²) >= 11 is 0. The molecule has 2 aromatic carbocycles. The Kier molecular flexibility index (Phi) is 6.42. The number of rotatable bonds is 8. The van der Waals surface area contributed by atoms with E-state index in [2.05, 4.69) is 10.0 Å². The van der Waals surface area contributed by atoms with Crippen LogP contribution in [-0.2, 0) is 21.2 Å². The van der Waals surface area contributed by atoms with Crippen molar-refractivity contribution in [2.75, 3.05) is 11.9 Å². The van der Waals surface area contributed by atoms with Crippen LogP contribution < -0.4 is 10.0 Å². The first-order valence-corrected chi connectivity index (χ1v) is 9.43. The molecule has 2 rings (SSSR count). The van der Waals surface area contributed by atoms with Crippen LogP contribution in [0.4, 0.5) is 11.4 Å². The van der Waals surface area contributed by atoms with Gasteiger partial charge in [-0.15, -0.1) is 0 Å². The Morgan fingerprint density at radius 1 is 1.15 bits per heavy atom. The minimum Gasteiger partial charge on any atom is -0.326 e. The minimum absolute atomic E-state index is 0.0391. The molecule has 0 bridgehead atoms. The van der Waals surface area contributed by atoms with Gasteiger partial charge in [0.15, 0.2) is 0 Å². The molecule has 0 radical (unpaired) electrons. The molecule has 0 heterocycles. The van der Waals surface area contributed by atoms with Gasteiger partial charge in [-0.1, -0.05) is 19.1 Å². The van der Waals surface area contributed by atoms with Gasteiger partial charge in [-0.2, -0.15) is 0 Å². The standard InChI is InChI=1S/C17H19N3O5S/c1-2-13-4-3-5-14(12-13)19-17(21)10-11-18-26(24,25)16-8-6-15(7-9-16)20(22)23/h3-9,12,18H,2,10-11H2,1H3,(H,19,21). The molecule has 0 atom stereocenters. The lowest BCUT2D eigenvalue weighted by atomic mass is 10.1. The summed E-state index contributed by atoms with van der Waals surface area (Å²) in [6, 6.07) is 11.9. The highest BCUT2D eigenvalue weighted by Crippen LogP contribution is 2.15. The third-order valence-electron chi connectivity index (χ3n) is 3.62. The molecule has 0 spiro atoms. The number of nitro groups is 1. The van der Waals surface area contributed by atoms with Gasteiger partial charge in [0.25, 0.3) is 5.69 Å². The Labute approximate surface area is 151 Å². The summed E-state index contributed by atoms with van der Waals surface area (Å²) in [5.74, 6) is -0.315. The van der Waals surface area contributed by atoms with E-state index in [4.69, 9.17) is 0 Å². The van der Waals surface area contributed by atoms with Crippen LogP contribution in [0.3, 0.4) is 0 Å². The van der Waals surface area contributed by atoms with Gasteiger partial charge in [0.2, 0.25) is 15.9 Å². The number of hydrogen-bond acceptors (Lipinski definition) is 5. The van der Waals surface area contributed by atoms with Crippen molar-refractivity contribution in [2.45, 2.75) is 24.7 Å². The minimum atomic E-state index is -3.83. The summed E-state index contributed by atoms with van der Waals surface area (Å²) in [4.78, 5) is 21.8. The Balaban J connectivity index is 1.89. The van der Waals surface area contributed by atoms with Gasteiger partial charge in [0.05, 0.1) is 9.82 Å². The monoisotopic (exact) mass is 377 g/mol. The third-order valence-corrected chi connectivity index (χ3v) is 5.10. The largest absolute Gasteiger partial charge is 0.326 e. The highest BCUT2D eigenvalue weighted by atomic mass is 32.2. The summed E-state index contributed by atoms with van der Waals surface area (Å²) in [5.41, 5.74) is 1.55. The molecule has 0 unspecified atom stereocenters. The molecule has 2 N–H and O–H groups in total. The quantitative estimate of drug-likeness (QED) is 0.541. The van der Waals surface area contributed by atoms with E-state index in [-0.39, 0.29) is 29.5 Å². The van der Waals surface area contributed by atoms with Gasteiger partial charge in [-0.05, 0) is 36.2 Å². The van der Waals surface area contributed by atoms with E-state index in [1.54, 1.807) is 6.07 Å². The van der Waals surface area contributed by atoms with Crippen LogP contribution >= 0.6 is 0 Å². The van der Waals surface area contributed by atoms with Crippen LogP contribution in [0.1, 0.15) is 18.9 Å². The number of carbonyl (C=O) groups is 1. The van der Waals surface area contributed by atoms with Crippen molar-refractivity contribution >= 4 is 27.3 Å². The molecule has 0 aliphatic carbocycles. The zero-order chi connectivity index (χ0) is 19.2. The van der Waals surface area contributed by atoms with Crippen LogP contribution in [0.2, 0.25) is 0 Å². The van der Waals surface area contributed by atoms with E-state index < -0.39 is 14.9 Å². The zero-order valence-corrected chi connectivity index (χ0v) is 15.0. The molecule has 2 aromatic rings. The molecule has 26 heavy (non-hydrogen) atoms. The van der Waals surface area contributed by atoms with E-state index in [0.717, 1.165) is 36.2 Å². The number of nitro benzene ring substituents is 1. The van der Waals surface area contributed by atoms with Gasteiger partial charge in [-0.25, -0.2) is 13.1 Å². The lowest BCUT2D eigenvalue weighted by molar-refractivity contribution is -0.384. The Morgan fingerprint density at radius 3 is 2.46 bits per heavy atom. The van der Waals surface area contributed by atoms with Gasteiger partial charge in [-0.3, -0.25) is 14.9 Å². The van der Waals surface area contributed by atoms with Crippen LogP contribution in [0, 0.1) is 10.1 Å². The molecule has 138 valence electrons. The highest BCUT2D eigenvalue weighted by molar-refractivity contribution is 7.89. The fourth-order valence-electron chi connectivity index (χ4n) is 2.22. The number of carbonyl (C=O) groups excluding carboxylic acids is 1. The number of aryl methyl sites for hydroxylation is 1. The van der Waals surface area contributed by atoms with E-state index >= 15 is 0 Å². The lowest BCUT2D eigenvalue weighted by Gasteiger charge is -2.08. The second-order valence-electron chi connectivity index (χ2n) is 5.50. The van der Waals surface area contributed by atoms with Crippen LogP contribution in [0.15, 0.2) is 53.4 Å². The zero-order valence-electron chi connectivity index (χ0n) is 14.1. The number of nitrogens with one attached hydrogen (secondary N) is 2. The summed E-state index contributed by atoms with van der Waals surface area (Å²) in [7, 11) is -3.83. The molecular weight excluding hydrogens is 358 g/mol. The number of nitrogens with zero attached hydrogens (tertiary/aromatic N) is 1. The van der Waals surface area contributed by atoms with E-state index in [1.165, 1.54) is 0 Å².